The molecule has 0 aliphatic heterocycles. The van der Waals surface area contributed by atoms with Crippen molar-refractivity contribution >= 4 is 10.0 Å². The van der Waals surface area contributed by atoms with Crippen molar-refractivity contribution in [1.29, 1.82) is 0 Å². The molecule has 0 heterocycles. The van der Waals surface area contributed by atoms with Gasteiger partial charge in [-0.1, -0.05) is 42.8 Å². The van der Waals surface area contributed by atoms with E-state index in [9.17, 15) is 8.42 Å². The highest BCUT2D eigenvalue weighted by Gasteiger charge is 2.14. The predicted molar refractivity (Wildman–Crippen MR) is 82.2 cm³/mol. The predicted octanol–water partition coefficient (Wildman–Crippen LogP) is 3.27. The summed E-state index contributed by atoms with van der Waals surface area (Å²) in [4.78, 5) is 0.313. The molecule has 0 aromatic heterocycles. The van der Waals surface area contributed by atoms with E-state index in [2.05, 4.69) is 29.0 Å². The van der Waals surface area contributed by atoms with Gasteiger partial charge in [0.1, 0.15) is 0 Å². The topological polar surface area (TPSA) is 46.2 Å². The zero-order chi connectivity index (χ0) is 14.8. The highest BCUT2D eigenvalue weighted by atomic mass is 32.2. The maximum atomic E-state index is 12.0. The molecule has 0 bridgehead atoms. The first kappa shape index (κ1) is 14.8. The number of rotatable bonds is 4. The van der Waals surface area contributed by atoms with Crippen molar-refractivity contribution < 1.29 is 8.42 Å². The zero-order valence-corrected chi connectivity index (χ0v) is 12.8. The standard InChI is InChI=1S/C16H19NO2S/c1-4-17-20(18,19)15-9-10-16(13(3)11-15)14-7-5-12(2)6-8-14/h5-11,17H,4H2,1-3H3. The van der Waals surface area contributed by atoms with Crippen molar-refractivity contribution in [2.24, 2.45) is 0 Å². The summed E-state index contributed by atoms with van der Waals surface area (Å²) in [5.74, 6) is 0. The average Bonchev–Trinajstić information content (AvgIpc) is 2.40. The Hall–Kier alpha value is -1.65. The highest BCUT2D eigenvalue weighted by molar-refractivity contribution is 7.89. The Labute approximate surface area is 120 Å². The van der Waals surface area contributed by atoms with Gasteiger partial charge in [0.15, 0.2) is 0 Å². The third kappa shape index (κ3) is 3.08. The van der Waals surface area contributed by atoms with Gasteiger partial charge in [-0.25, -0.2) is 13.1 Å². The molecule has 0 saturated heterocycles. The van der Waals surface area contributed by atoms with E-state index in [0.717, 1.165) is 16.7 Å². The molecule has 0 radical (unpaired) electrons. The van der Waals surface area contributed by atoms with Crippen LogP contribution < -0.4 is 4.72 Å². The summed E-state index contributed by atoms with van der Waals surface area (Å²) in [6.45, 7) is 6.13. The Morgan fingerprint density at radius 2 is 1.65 bits per heavy atom. The van der Waals surface area contributed by atoms with Gasteiger partial charge in [0.25, 0.3) is 0 Å². The van der Waals surface area contributed by atoms with E-state index in [1.807, 2.05) is 19.9 Å². The van der Waals surface area contributed by atoms with Crippen LogP contribution in [0.5, 0.6) is 0 Å². The van der Waals surface area contributed by atoms with Crippen molar-refractivity contribution in [3.05, 3.63) is 53.6 Å². The number of sulfonamides is 1. The van der Waals surface area contributed by atoms with Crippen LogP contribution in [-0.4, -0.2) is 15.0 Å². The molecule has 3 nitrogen and oxygen atoms in total. The number of hydrogen-bond donors (Lipinski definition) is 1. The second kappa shape index (κ2) is 5.77. The molecular formula is C16H19NO2S. The molecule has 20 heavy (non-hydrogen) atoms. The van der Waals surface area contributed by atoms with Gasteiger partial charge in [0.2, 0.25) is 10.0 Å². The van der Waals surface area contributed by atoms with Crippen molar-refractivity contribution in [3.8, 4) is 11.1 Å². The van der Waals surface area contributed by atoms with Crippen molar-refractivity contribution in [3.63, 3.8) is 0 Å². The van der Waals surface area contributed by atoms with E-state index >= 15 is 0 Å². The molecule has 0 unspecified atom stereocenters. The van der Waals surface area contributed by atoms with Crippen LogP contribution in [0.3, 0.4) is 0 Å². The molecule has 0 saturated carbocycles. The summed E-state index contributed by atoms with van der Waals surface area (Å²) < 4.78 is 26.4. The largest absolute Gasteiger partial charge is 0.240 e. The Morgan fingerprint density at radius 1 is 1.00 bits per heavy atom. The van der Waals surface area contributed by atoms with Crippen LogP contribution in [0.4, 0.5) is 0 Å². The van der Waals surface area contributed by atoms with E-state index in [1.165, 1.54) is 5.56 Å². The second-order valence-electron chi connectivity index (χ2n) is 4.84. The monoisotopic (exact) mass is 289 g/mol. The molecule has 4 heteroatoms. The number of aryl methyl sites for hydroxylation is 2. The fraction of sp³-hybridized carbons (Fsp3) is 0.250. The zero-order valence-electron chi connectivity index (χ0n) is 12.0. The number of nitrogens with one attached hydrogen (secondary N) is 1. The van der Waals surface area contributed by atoms with Crippen molar-refractivity contribution in [1.82, 2.24) is 4.72 Å². The summed E-state index contributed by atoms with van der Waals surface area (Å²) in [6, 6.07) is 13.4. The molecule has 106 valence electrons. The van der Waals surface area contributed by atoms with E-state index in [4.69, 9.17) is 0 Å². The summed E-state index contributed by atoms with van der Waals surface area (Å²) >= 11 is 0. The molecule has 0 fully saturated rings. The van der Waals surface area contributed by atoms with Crippen LogP contribution in [0, 0.1) is 13.8 Å². The lowest BCUT2D eigenvalue weighted by Gasteiger charge is -2.10. The summed E-state index contributed by atoms with van der Waals surface area (Å²) in [7, 11) is -3.39. The van der Waals surface area contributed by atoms with Gasteiger partial charge in [0.05, 0.1) is 4.90 Å². The molecule has 2 aromatic carbocycles. The van der Waals surface area contributed by atoms with Gasteiger partial charge in [-0.05, 0) is 42.7 Å². The smallest absolute Gasteiger partial charge is 0.211 e. The van der Waals surface area contributed by atoms with Crippen LogP contribution in [0.15, 0.2) is 47.4 Å². The van der Waals surface area contributed by atoms with Gasteiger partial charge in [-0.2, -0.15) is 0 Å². The Kier molecular flexibility index (Phi) is 4.26. The van der Waals surface area contributed by atoms with E-state index in [1.54, 1.807) is 19.1 Å². The molecule has 0 aliphatic carbocycles. The number of benzene rings is 2. The minimum Gasteiger partial charge on any atom is -0.211 e. The average molecular weight is 289 g/mol. The first-order valence-electron chi connectivity index (χ1n) is 6.61. The Bertz CT molecular complexity index is 704. The maximum Gasteiger partial charge on any atom is 0.240 e. The highest BCUT2D eigenvalue weighted by Crippen LogP contribution is 2.26. The molecule has 2 aromatic rings. The summed E-state index contributed by atoms with van der Waals surface area (Å²) in [6.07, 6.45) is 0. The van der Waals surface area contributed by atoms with Crippen LogP contribution in [0.25, 0.3) is 11.1 Å². The lowest BCUT2D eigenvalue weighted by molar-refractivity contribution is 0.584. The van der Waals surface area contributed by atoms with E-state index in [0.29, 0.717) is 11.4 Å². The van der Waals surface area contributed by atoms with Crippen molar-refractivity contribution in [2.75, 3.05) is 6.54 Å². The van der Waals surface area contributed by atoms with E-state index in [-0.39, 0.29) is 0 Å². The maximum absolute atomic E-state index is 12.0. The Balaban J connectivity index is 2.43. The van der Waals surface area contributed by atoms with Gasteiger partial charge in [-0.3, -0.25) is 0 Å². The molecule has 2 rings (SSSR count). The fourth-order valence-corrected chi connectivity index (χ4v) is 3.26. The molecule has 0 aliphatic rings. The fourth-order valence-electron chi connectivity index (χ4n) is 2.13. The first-order valence-corrected chi connectivity index (χ1v) is 8.09. The second-order valence-corrected chi connectivity index (χ2v) is 6.61. The lowest BCUT2D eigenvalue weighted by atomic mass is 10.00. The minimum atomic E-state index is -3.39. The van der Waals surface area contributed by atoms with Gasteiger partial charge >= 0.3 is 0 Å². The van der Waals surface area contributed by atoms with E-state index < -0.39 is 10.0 Å². The molecule has 0 amide bonds. The Morgan fingerprint density at radius 3 is 2.20 bits per heavy atom. The molecule has 0 atom stereocenters. The normalized spacial score (nSPS) is 11.6. The third-order valence-corrected chi connectivity index (χ3v) is 4.75. The minimum absolute atomic E-state index is 0.313. The lowest BCUT2D eigenvalue weighted by Crippen LogP contribution is -2.23. The molecular weight excluding hydrogens is 270 g/mol. The van der Waals surface area contributed by atoms with Gasteiger partial charge in [-0.15, -0.1) is 0 Å². The quantitative estimate of drug-likeness (QED) is 0.939. The van der Waals surface area contributed by atoms with Crippen LogP contribution in [-0.2, 0) is 10.0 Å². The first-order chi connectivity index (χ1) is 9.44. The summed E-state index contributed by atoms with van der Waals surface area (Å²) in [5, 5.41) is 0. The third-order valence-electron chi connectivity index (χ3n) is 3.21. The van der Waals surface area contributed by atoms with Crippen LogP contribution in [0.1, 0.15) is 18.1 Å². The van der Waals surface area contributed by atoms with Crippen LogP contribution >= 0.6 is 0 Å². The molecule has 0 spiro atoms. The van der Waals surface area contributed by atoms with Crippen molar-refractivity contribution in [2.45, 2.75) is 25.7 Å². The van der Waals surface area contributed by atoms with Crippen LogP contribution in [0.2, 0.25) is 0 Å². The molecule has 1 N–H and O–H groups in total. The van der Waals surface area contributed by atoms with Gasteiger partial charge in [0, 0.05) is 6.54 Å². The SMILES string of the molecule is CCNS(=O)(=O)c1ccc(-c2ccc(C)cc2)c(C)c1. The van der Waals surface area contributed by atoms with Gasteiger partial charge < -0.3 is 0 Å². The summed E-state index contributed by atoms with van der Waals surface area (Å²) in [5.41, 5.74) is 4.31. The number of hydrogen-bond acceptors (Lipinski definition) is 2.